The minimum atomic E-state index is -3.44. The van der Waals surface area contributed by atoms with Crippen molar-refractivity contribution in [3.05, 3.63) is 60.2 Å². The summed E-state index contributed by atoms with van der Waals surface area (Å²) >= 11 is 0. The molecule has 4 heteroatoms. The monoisotopic (exact) mass is 317 g/mol. The summed E-state index contributed by atoms with van der Waals surface area (Å²) in [7, 11) is 0.646. The number of rotatable bonds is 5. The molecule has 1 atom stereocenters. The van der Waals surface area contributed by atoms with Crippen LogP contribution in [0.2, 0.25) is 0 Å². The van der Waals surface area contributed by atoms with Gasteiger partial charge in [0.2, 0.25) is 9.84 Å². The number of sulfone groups is 1. The van der Waals surface area contributed by atoms with Gasteiger partial charge in [-0.25, -0.2) is 8.42 Å². The predicted octanol–water partition coefficient (Wildman–Crippen LogP) is 3.78. The Bertz CT molecular complexity index is 697. The average Bonchev–Trinajstić information content (AvgIpc) is 2.48. The molecule has 0 aliphatic heterocycles. The van der Waals surface area contributed by atoms with E-state index in [2.05, 4.69) is 18.7 Å². The zero-order valence-electron chi connectivity index (χ0n) is 13.5. The number of benzene rings is 2. The normalized spacial score (nSPS) is 13.5. The third-order valence-corrected chi connectivity index (χ3v) is 5.56. The molecule has 2 aromatic rings. The van der Waals surface area contributed by atoms with E-state index >= 15 is 0 Å². The summed E-state index contributed by atoms with van der Waals surface area (Å²) in [6, 6.07) is 16.1. The van der Waals surface area contributed by atoms with Gasteiger partial charge in [-0.2, -0.15) is 0 Å². The van der Waals surface area contributed by atoms with Crippen LogP contribution >= 0.6 is 0 Å². The van der Waals surface area contributed by atoms with Gasteiger partial charge in [0.15, 0.2) is 0 Å². The van der Waals surface area contributed by atoms with E-state index in [4.69, 9.17) is 0 Å². The lowest BCUT2D eigenvalue weighted by Gasteiger charge is -2.28. The Balaban J connectivity index is 2.37. The average molecular weight is 317 g/mol. The highest BCUT2D eigenvalue weighted by Crippen LogP contribution is 2.28. The van der Waals surface area contributed by atoms with Crippen molar-refractivity contribution in [2.45, 2.75) is 29.7 Å². The Labute approximate surface area is 133 Å². The molecule has 0 aromatic heterocycles. The lowest BCUT2D eigenvalue weighted by atomic mass is 9.95. The Morgan fingerprint density at radius 1 is 0.818 bits per heavy atom. The SMILES string of the molecule is CC(C)C(c1ccc(S(=O)(=O)c2ccccc2)cc1)N(C)C. The van der Waals surface area contributed by atoms with Gasteiger partial charge in [0.05, 0.1) is 9.79 Å². The molecule has 22 heavy (non-hydrogen) atoms. The van der Waals surface area contributed by atoms with Crippen molar-refractivity contribution in [1.29, 1.82) is 0 Å². The van der Waals surface area contributed by atoms with E-state index < -0.39 is 9.84 Å². The highest BCUT2D eigenvalue weighted by molar-refractivity contribution is 7.91. The largest absolute Gasteiger partial charge is 0.302 e. The van der Waals surface area contributed by atoms with Crippen LogP contribution in [-0.2, 0) is 9.84 Å². The fourth-order valence-corrected chi connectivity index (χ4v) is 4.14. The minimum Gasteiger partial charge on any atom is -0.302 e. The van der Waals surface area contributed by atoms with Gasteiger partial charge in [-0.15, -0.1) is 0 Å². The second-order valence-corrected chi connectivity index (χ2v) is 7.99. The predicted molar refractivity (Wildman–Crippen MR) is 89.6 cm³/mol. The van der Waals surface area contributed by atoms with Crippen LogP contribution in [0, 0.1) is 5.92 Å². The summed E-state index contributed by atoms with van der Waals surface area (Å²) < 4.78 is 25.1. The van der Waals surface area contributed by atoms with Gasteiger partial charge in [-0.1, -0.05) is 44.2 Å². The van der Waals surface area contributed by atoms with E-state index in [1.54, 1.807) is 36.4 Å². The van der Waals surface area contributed by atoms with Gasteiger partial charge >= 0.3 is 0 Å². The van der Waals surface area contributed by atoms with E-state index in [-0.39, 0.29) is 6.04 Å². The first-order valence-corrected chi connectivity index (χ1v) is 8.89. The van der Waals surface area contributed by atoms with Crippen LogP contribution in [0.25, 0.3) is 0 Å². The summed E-state index contributed by atoms with van der Waals surface area (Å²) in [5, 5.41) is 0. The molecule has 2 aromatic carbocycles. The molecule has 118 valence electrons. The van der Waals surface area contributed by atoms with Gasteiger partial charge in [0.1, 0.15) is 0 Å². The summed E-state index contributed by atoms with van der Waals surface area (Å²) in [5.41, 5.74) is 1.13. The molecule has 0 aliphatic carbocycles. The highest BCUT2D eigenvalue weighted by atomic mass is 32.2. The van der Waals surface area contributed by atoms with E-state index in [0.29, 0.717) is 15.7 Å². The molecular weight excluding hydrogens is 294 g/mol. The molecule has 1 unspecified atom stereocenters. The fraction of sp³-hybridized carbons (Fsp3) is 0.333. The molecule has 0 saturated carbocycles. The lowest BCUT2D eigenvalue weighted by molar-refractivity contribution is 0.235. The second kappa shape index (κ2) is 6.63. The molecule has 0 aliphatic rings. The molecule has 0 fully saturated rings. The van der Waals surface area contributed by atoms with Crippen molar-refractivity contribution in [2.75, 3.05) is 14.1 Å². The highest BCUT2D eigenvalue weighted by Gasteiger charge is 2.20. The molecule has 0 saturated heterocycles. The number of nitrogens with zero attached hydrogens (tertiary/aromatic N) is 1. The Morgan fingerprint density at radius 2 is 1.32 bits per heavy atom. The number of hydrogen-bond donors (Lipinski definition) is 0. The molecule has 0 N–H and O–H groups in total. The standard InChI is InChI=1S/C18H23NO2S/c1-14(2)18(19(3)4)15-10-12-17(13-11-15)22(20,21)16-8-6-5-7-9-16/h5-14,18H,1-4H3. The summed E-state index contributed by atoms with van der Waals surface area (Å²) in [6.07, 6.45) is 0. The summed E-state index contributed by atoms with van der Waals surface area (Å²) in [5.74, 6) is 0.451. The Hall–Kier alpha value is -1.65. The van der Waals surface area contributed by atoms with E-state index in [1.165, 1.54) is 0 Å². The van der Waals surface area contributed by atoms with Crippen molar-refractivity contribution in [3.8, 4) is 0 Å². The van der Waals surface area contributed by atoms with Gasteiger partial charge in [0.25, 0.3) is 0 Å². The van der Waals surface area contributed by atoms with Crippen LogP contribution in [0.15, 0.2) is 64.4 Å². The summed E-state index contributed by atoms with van der Waals surface area (Å²) in [6.45, 7) is 4.33. The Morgan fingerprint density at radius 3 is 1.77 bits per heavy atom. The summed E-state index contributed by atoms with van der Waals surface area (Å²) in [4.78, 5) is 2.82. The first-order valence-electron chi connectivity index (χ1n) is 7.40. The Kier molecular flexibility index (Phi) is 5.04. The maximum atomic E-state index is 12.6. The topological polar surface area (TPSA) is 37.4 Å². The van der Waals surface area contributed by atoms with Crippen LogP contribution in [0.1, 0.15) is 25.5 Å². The molecule has 0 spiro atoms. The molecule has 2 rings (SSSR count). The zero-order chi connectivity index (χ0) is 16.3. The zero-order valence-corrected chi connectivity index (χ0v) is 14.3. The third-order valence-electron chi connectivity index (χ3n) is 3.77. The van der Waals surface area contributed by atoms with Gasteiger partial charge in [0, 0.05) is 6.04 Å². The third kappa shape index (κ3) is 3.39. The molecule has 0 amide bonds. The maximum Gasteiger partial charge on any atom is 0.206 e. The molecule has 0 heterocycles. The van der Waals surface area contributed by atoms with Gasteiger partial charge in [-0.3, -0.25) is 0 Å². The van der Waals surface area contributed by atoms with Crippen LogP contribution in [0.3, 0.4) is 0 Å². The van der Waals surface area contributed by atoms with Gasteiger partial charge < -0.3 is 4.90 Å². The fourth-order valence-electron chi connectivity index (χ4n) is 2.86. The molecule has 0 radical (unpaired) electrons. The quantitative estimate of drug-likeness (QED) is 0.842. The van der Waals surface area contributed by atoms with E-state index in [0.717, 1.165) is 5.56 Å². The lowest BCUT2D eigenvalue weighted by Crippen LogP contribution is -2.24. The minimum absolute atomic E-state index is 0.272. The van der Waals surface area contributed by atoms with E-state index in [9.17, 15) is 8.42 Å². The van der Waals surface area contributed by atoms with Crippen molar-refractivity contribution in [1.82, 2.24) is 4.90 Å². The number of hydrogen-bond acceptors (Lipinski definition) is 3. The first-order chi connectivity index (χ1) is 10.3. The van der Waals surface area contributed by atoms with Crippen molar-refractivity contribution in [2.24, 2.45) is 5.92 Å². The van der Waals surface area contributed by atoms with Gasteiger partial charge in [-0.05, 0) is 49.8 Å². The van der Waals surface area contributed by atoms with Crippen molar-refractivity contribution >= 4 is 9.84 Å². The molecular formula is C18H23NO2S. The van der Waals surface area contributed by atoms with Crippen LogP contribution < -0.4 is 0 Å². The van der Waals surface area contributed by atoms with Crippen LogP contribution in [0.4, 0.5) is 0 Å². The van der Waals surface area contributed by atoms with Crippen molar-refractivity contribution < 1.29 is 8.42 Å². The first kappa shape index (κ1) is 16.7. The van der Waals surface area contributed by atoms with Crippen LogP contribution in [0.5, 0.6) is 0 Å². The smallest absolute Gasteiger partial charge is 0.206 e. The molecule has 3 nitrogen and oxygen atoms in total. The second-order valence-electron chi connectivity index (χ2n) is 6.04. The maximum absolute atomic E-state index is 12.6. The molecule has 0 bridgehead atoms. The van der Waals surface area contributed by atoms with E-state index in [1.807, 2.05) is 32.3 Å². The van der Waals surface area contributed by atoms with Crippen molar-refractivity contribution in [3.63, 3.8) is 0 Å². The van der Waals surface area contributed by atoms with Crippen LogP contribution in [-0.4, -0.2) is 27.4 Å².